The van der Waals surface area contributed by atoms with E-state index in [-0.39, 0.29) is 21.8 Å². The molecule has 2 heterocycles. The Morgan fingerprint density at radius 1 is 1.07 bits per heavy atom. The first-order valence-corrected chi connectivity index (χ1v) is 10.9. The van der Waals surface area contributed by atoms with Crippen LogP contribution in [0.4, 0.5) is 11.4 Å². The topological polar surface area (TPSA) is 66.5 Å². The second-order valence-corrected chi connectivity index (χ2v) is 9.30. The van der Waals surface area contributed by atoms with E-state index in [1.807, 2.05) is 31.2 Å². The number of nitrogens with one attached hydrogen (secondary N) is 1. The van der Waals surface area contributed by atoms with Crippen molar-refractivity contribution >= 4 is 38.6 Å². The van der Waals surface area contributed by atoms with Gasteiger partial charge in [-0.05, 0) is 48.6 Å². The SMILES string of the molecule is CC1Cc2ccccc2N1C(=O)c1ccccc1NS(=O)(=O)c1cccs1. The standard InChI is InChI=1S/C20H18N2O3S2/c1-14-13-15-7-2-5-10-18(15)22(14)20(23)16-8-3-4-9-17(16)21-27(24,25)19-11-6-12-26-19/h2-12,14,21H,13H2,1H3. The van der Waals surface area contributed by atoms with Gasteiger partial charge >= 0.3 is 0 Å². The number of carbonyl (C=O) groups is 1. The number of hydrogen-bond donors (Lipinski definition) is 1. The summed E-state index contributed by atoms with van der Waals surface area (Å²) in [4.78, 5) is 15.1. The van der Waals surface area contributed by atoms with Crippen LogP contribution in [-0.2, 0) is 16.4 Å². The number of hydrogen-bond acceptors (Lipinski definition) is 4. The summed E-state index contributed by atoms with van der Waals surface area (Å²) in [5.74, 6) is -0.211. The van der Waals surface area contributed by atoms with Gasteiger partial charge in [-0.3, -0.25) is 9.52 Å². The van der Waals surface area contributed by atoms with Crippen LogP contribution in [0.5, 0.6) is 0 Å². The Morgan fingerprint density at radius 2 is 1.81 bits per heavy atom. The summed E-state index contributed by atoms with van der Waals surface area (Å²) in [6, 6.07) is 17.8. The van der Waals surface area contributed by atoms with Crippen LogP contribution in [0.3, 0.4) is 0 Å². The summed E-state index contributed by atoms with van der Waals surface area (Å²) in [5, 5.41) is 1.70. The maximum Gasteiger partial charge on any atom is 0.271 e. The molecule has 0 bridgehead atoms. The lowest BCUT2D eigenvalue weighted by Crippen LogP contribution is -2.36. The first-order valence-electron chi connectivity index (χ1n) is 8.54. The molecule has 1 N–H and O–H groups in total. The number of para-hydroxylation sites is 2. The minimum absolute atomic E-state index is 0.0110. The molecule has 1 aliphatic heterocycles. The van der Waals surface area contributed by atoms with Gasteiger partial charge in [0.05, 0.1) is 11.3 Å². The van der Waals surface area contributed by atoms with Crippen molar-refractivity contribution in [1.29, 1.82) is 0 Å². The van der Waals surface area contributed by atoms with Crippen molar-refractivity contribution < 1.29 is 13.2 Å². The molecule has 5 nitrogen and oxygen atoms in total. The Kier molecular flexibility index (Phi) is 4.49. The molecule has 2 aromatic carbocycles. The molecule has 1 aliphatic rings. The fourth-order valence-corrected chi connectivity index (χ4v) is 5.45. The molecule has 4 rings (SSSR count). The minimum Gasteiger partial charge on any atom is -0.305 e. The van der Waals surface area contributed by atoms with Crippen LogP contribution in [-0.4, -0.2) is 20.4 Å². The van der Waals surface area contributed by atoms with Gasteiger partial charge in [-0.15, -0.1) is 11.3 Å². The molecule has 1 atom stereocenters. The maximum absolute atomic E-state index is 13.3. The van der Waals surface area contributed by atoms with Gasteiger partial charge in [0.25, 0.3) is 15.9 Å². The van der Waals surface area contributed by atoms with E-state index in [0.29, 0.717) is 5.56 Å². The number of thiophene rings is 1. The quantitative estimate of drug-likeness (QED) is 0.718. The smallest absolute Gasteiger partial charge is 0.271 e. The molecule has 3 aromatic rings. The third kappa shape index (κ3) is 3.24. The Morgan fingerprint density at radius 3 is 2.59 bits per heavy atom. The second kappa shape index (κ2) is 6.83. The number of carbonyl (C=O) groups excluding carboxylic acids is 1. The minimum atomic E-state index is -3.73. The number of rotatable bonds is 4. The van der Waals surface area contributed by atoms with Crippen LogP contribution in [0.15, 0.2) is 70.3 Å². The fraction of sp³-hybridized carbons (Fsp3) is 0.150. The van der Waals surface area contributed by atoms with Crippen molar-refractivity contribution in [2.75, 3.05) is 9.62 Å². The Bertz CT molecular complexity index is 1090. The van der Waals surface area contributed by atoms with Crippen molar-refractivity contribution in [1.82, 2.24) is 0 Å². The molecule has 0 saturated carbocycles. The average Bonchev–Trinajstić information content (AvgIpc) is 3.29. The van der Waals surface area contributed by atoms with Crippen LogP contribution in [0.1, 0.15) is 22.8 Å². The highest BCUT2D eigenvalue weighted by molar-refractivity contribution is 7.94. The molecule has 1 aromatic heterocycles. The fourth-order valence-electron chi connectivity index (χ4n) is 3.37. The molecule has 0 fully saturated rings. The van der Waals surface area contributed by atoms with E-state index in [9.17, 15) is 13.2 Å². The van der Waals surface area contributed by atoms with Crippen LogP contribution < -0.4 is 9.62 Å². The van der Waals surface area contributed by atoms with Crippen LogP contribution in [0.2, 0.25) is 0 Å². The molecular formula is C20H18N2O3S2. The van der Waals surface area contributed by atoms with Gasteiger partial charge in [-0.1, -0.05) is 36.4 Å². The zero-order valence-electron chi connectivity index (χ0n) is 14.6. The number of nitrogens with zero attached hydrogens (tertiary/aromatic N) is 1. The van der Waals surface area contributed by atoms with Gasteiger partial charge in [0.15, 0.2) is 0 Å². The summed E-state index contributed by atoms with van der Waals surface area (Å²) in [7, 11) is -3.73. The summed E-state index contributed by atoms with van der Waals surface area (Å²) in [5.41, 5.74) is 2.62. The predicted octanol–water partition coefficient (Wildman–Crippen LogP) is 4.14. The van der Waals surface area contributed by atoms with E-state index in [1.54, 1.807) is 40.6 Å². The molecule has 1 amide bonds. The number of benzene rings is 2. The van der Waals surface area contributed by atoms with Gasteiger partial charge in [0, 0.05) is 11.7 Å². The van der Waals surface area contributed by atoms with E-state index >= 15 is 0 Å². The van der Waals surface area contributed by atoms with Gasteiger partial charge in [0.2, 0.25) is 0 Å². The lowest BCUT2D eigenvalue weighted by atomic mass is 10.1. The highest BCUT2D eigenvalue weighted by atomic mass is 32.2. The molecule has 27 heavy (non-hydrogen) atoms. The molecule has 0 saturated heterocycles. The van der Waals surface area contributed by atoms with Crippen LogP contribution in [0, 0.1) is 0 Å². The lowest BCUT2D eigenvalue weighted by molar-refractivity contribution is 0.0982. The molecular weight excluding hydrogens is 380 g/mol. The van der Waals surface area contributed by atoms with E-state index in [4.69, 9.17) is 0 Å². The predicted molar refractivity (Wildman–Crippen MR) is 108 cm³/mol. The molecule has 0 radical (unpaired) electrons. The number of fused-ring (bicyclic) bond motifs is 1. The number of amides is 1. The third-order valence-corrected chi connectivity index (χ3v) is 7.35. The molecule has 0 spiro atoms. The van der Waals surface area contributed by atoms with Gasteiger partial charge in [-0.2, -0.15) is 0 Å². The van der Waals surface area contributed by atoms with E-state index in [2.05, 4.69) is 4.72 Å². The van der Waals surface area contributed by atoms with E-state index in [0.717, 1.165) is 29.0 Å². The molecule has 7 heteroatoms. The third-order valence-electron chi connectivity index (χ3n) is 4.59. The molecule has 0 aliphatic carbocycles. The van der Waals surface area contributed by atoms with Gasteiger partial charge < -0.3 is 4.90 Å². The van der Waals surface area contributed by atoms with Crippen molar-refractivity contribution in [3.8, 4) is 0 Å². The summed E-state index contributed by atoms with van der Waals surface area (Å²) >= 11 is 1.13. The van der Waals surface area contributed by atoms with E-state index < -0.39 is 10.0 Å². The molecule has 1 unspecified atom stereocenters. The zero-order chi connectivity index (χ0) is 19.0. The highest BCUT2D eigenvalue weighted by Crippen LogP contribution is 2.34. The first-order chi connectivity index (χ1) is 13.0. The normalized spacial score (nSPS) is 16.2. The Balaban J connectivity index is 1.71. The van der Waals surface area contributed by atoms with Gasteiger partial charge in [-0.25, -0.2) is 8.42 Å². The monoisotopic (exact) mass is 398 g/mol. The zero-order valence-corrected chi connectivity index (χ0v) is 16.3. The molecule has 138 valence electrons. The second-order valence-electron chi connectivity index (χ2n) is 6.44. The first kappa shape index (κ1) is 17.8. The largest absolute Gasteiger partial charge is 0.305 e. The Hall–Kier alpha value is -2.64. The van der Waals surface area contributed by atoms with Gasteiger partial charge in [0.1, 0.15) is 4.21 Å². The van der Waals surface area contributed by atoms with Crippen molar-refractivity contribution in [2.45, 2.75) is 23.6 Å². The number of sulfonamides is 1. The van der Waals surface area contributed by atoms with Crippen molar-refractivity contribution in [2.24, 2.45) is 0 Å². The highest BCUT2D eigenvalue weighted by Gasteiger charge is 2.32. The summed E-state index contributed by atoms with van der Waals surface area (Å²) in [6.07, 6.45) is 0.783. The van der Waals surface area contributed by atoms with E-state index in [1.165, 1.54) is 6.07 Å². The number of anilines is 2. The lowest BCUT2D eigenvalue weighted by Gasteiger charge is -2.24. The van der Waals surface area contributed by atoms with Crippen molar-refractivity contribution in [3.05, 3.63) is 77.2 Å². The Labute approximate surface area is 162 Å². The van der Waals surface area contributed by atoms with Crippen LogP contribution in [0.25, 0.3) is 0 Å². The van der Waals surface area contributed by atoms with Crippen LogP contribution >= 0.6 is 11.3 Å². The maximum atomic E-state index is 13.3. The summed E-state index contributed by atoms with van der Waals surface area (Å²) < 4.78 is 28.0. The van der Waals surface area contributed by atoms with Crippen molar-refractivity contribution in [3.63, 3.8) is 0 Å². The average molecular weight is 399 g/mol. The summed E-state index contributed by atoms with van der Waals surface area (Å²) in [6.45, 7) is 2.00.